The molecule has 0 atom stereocenters. The fourth-order valence-electron chi connectivity index (χ4n) is 1.54. The number of nitrogens with zero attached hydrogens (tertiary/aromatic N) is 1. The monoisotopic (exact) mass is 241 g/mol. The first-order chi connectivity index (χ1) is 8.60. The number of phenolic OH excluding ortho intramolecular Hbond substituents is 2. The van der Waals surface area contributed by atoms with Crippen LogP contribution < -0.4 is 0 Å². The number of aryl methyl sites for hydroxylation is 1. The lowest BCUT2D eigenvalue weighted by atomic mass is 10.1. The van der Waals surface area contributed by atoms with E-state index in [-0.39, 0.29) is 11.5 Å². The number of furan rings is 1. The highest BCUT2D eigenvalue weighted by molar-refractivity contribution is 5.89. The van der Waals surface area contributed by atoms with Crippen molar-refractivity contribution in [2.75, 3.05) is 0 Å². The molecule has 0 aliphatic rings. The minimum atomic E-state index is -0.260. The smallest absolute Gasteiger partial charge is 0.158 e. The molecule has 90 valence electrons. The van der Waals surface area contributed by atoms with Crippen LogP contribution in [0.25, 0.3) is 11.6 Å². The summed E-state index contributed by atoms with van der Waals surface area (Å²) in [6.07, 6.45) is 1.58. The Balaban J connectivity index is 2.43. The van der Waals surface area contributed by atoms with Gasteiger partial charge in [0.2, 0.25) is 0 Å². The Morgan fingerprint density at radius 3 is 2.56 bits per heavy atom. The van der Waals surface area contributed by atoms with E-state index >= 15 is 0 Å². The van der Waals surface area contributed by atoms with Crippen LogP contribution in [0.5, 0.6) is 11.5 Å². The van der Waals surface area contributed by atoms with Crippen LogP contribution >= 0.6 is 0 Å². The number of hydrogen-bond donors (Lipinski definition) is 2. The minimum absolute atomic E-state index is 0.218. The number of nitriles is 1. The first kappa shape index (κ1) is 11.8. The maximum Gasteiger partial charge on any atom is 0.158 e. The van der Waals surface area contributed by atoms with Crippen LogP contribution in [0, 0.1) is 18.3 Å². The molecule has 2 N–H and O–H groups in total. The van der Waals surface area contributed by atoms with E-state index in [1.54, 1.807) is 24.3 Å². The Bertz CT molecular complexity index is 647. The molecule has 2 aromatic rings. The number of aromatic hydroxyl groups is 2. The SMILES string of the molecule is Cc1ccc(/C=C(\C#N)c2ccc(O)c(O)c2)o1. The molecular weight excluding hydrogens is 230 g/mol. The molecule has 18 heavy (non-hydrogen) atoms. The van der Waals surface area contributed by atoms with E-state index in [1.807, 2.05) is 13.0 Å². The van der Waals surface area contributed by atoms with Gasteiger partial charge in [-0.3, -0.25) is 0 Å². The van der Waals surface area contributed by atoms with Gasteiger partial charge >= 0.3 is 0 Å². The van der Waals surface area contributed by atoms with Crippen LogP contribution in [0.2, 0.25) is 0 Å². The van der Waals surface area contributed by atoms with Crippen molar-refractivity contribution in [1.82, 2.24) is 0 Å². The first-order valence-electron chi connectivity index (χ1n) is 5.31. The number of phenols is 2. The number of hydrogen-bond acceptors (Lipinski definition) is 4. The predicted molar refractivity (Wildman–Crippen MR) is 66.7 cm³/mol. The summed E-state index contributed by atoms with van der Waals surface area (Å²) in [5, 5.41) is 27.7. The van der Waals surface area contributed by atoms with Crippen molar-refractivity contribution in [2.24, 2.45) is 0 Å². The highest BCUT2D eigenvalue weighted by atomic mass is 16.3. The average molecular weight is 241 g/mol. The van der Waals surface area contributed by atoms with Crippen molar-refractivity contribution in [3.63, 3.8) is 0 Å². The Morgan fingerprint density at radius 2 is 2.00 bits per heavy atom. The molecule has 4 heteroatoms. The third kappa shape index (κ3) is 2.36. The van der Waals surface area contributed by atoms with Crippen LogP contribution in [0.3, 0.4) is 0 Å². The maximum atomic E-state index is 9.40. The molecule has 1 aromatic heterocycles. The molecule has 0 spiro atoms. The lowest BCUT2D eigenvalue weighted by Gasteiger charge is -2.01. The summed E-state index contributed by atoms with van der Waals surface area (Å²) in [5.41, 5.74) is 0.863. The van der Waals surface area contributed by atoms with Crippen molar-refractivity contribution in [1.29, 1.82) is 5.26 Å². The molecule has 0 aliphatic carbocycles. The largest absolute Gasteiger partial charge is 0.504 e. The molecule has 1 aromatic carbocycles. The van der Waals surface area contributed by atoms with Crippen molar-refractivity contribution in [3.05, 3.63) is 47.4 Å². The summed E-state index contributed by atoms with van der Waals surface area (Å²) in [6.45, 7) is 1.82. The number of allylic oxidation sites excluding steroid dienone is 1. The third-order valence-corrected chi connectivity index (χ3v) is 2.45. The van der Waals surface area contributed by atoms with E-state index < -0.39 is 0 Å². The molecule has 0 fully saturated rings. The summed E-state index contributed by atoms with van der Waals surface area (Å²) in [7, 11) is 0. The fourth-order valence-corrected chi connectivity index (χ4v) is 1.54. The molecule has 0 amide bonds. The van der Waals surface area contributed by atoms with Crippen LogP contribution in [0.1, 0.15) is 17.1 Å². The van der Waals surface area contributed by atoms with Gasteiger partial charge in [0, 0.05) is 0 Å². The summed E-state index contributed by atoms with van der Waals surface area (Å²) >= 11 is 0. The van der Waals surface area contributed by atoms with Gasteiger partial charge < -0.3 is 14.6 Å². The van der Waals surface area contributed by atoms with Gasteiger partial charge in [0.05, 0.1) is 11.6 Å². The van der Waals surface area contributed by atoms with Crippen molar-refractivity contribution < 1.29 is 14.6 Å². The quantitative estimate of drug-likeness (QED) is 0.625. The van der Waals surface area contributed by atoms with Gasteiger partial charge in [-0.2, -0.15) is 5.26 Å². The Hall–Kier alpha value is -2.67. The number of rotatable bonds is 2. The van der Waals surface area contributed by atoms with Gasteiger partial charge in [0.1, 0.15) is 11.5 Å². The molecule has 0 unspecified atom stereocenters. The molecule has 0 saturated heterocycles. The molecule has 1 heterocycles. The zero-order valence-corrected chi connectivity index (χ0v) is 9.71. The standard InChI is InChI=1S/C14H11NO3/c1-9-2-4-12(18-9)6-11(8-15)10-3-5-13(16)14(17)7-10/h2-7,16-17H,1H3/b11-6+. The van der Waals surface area contributed by atoms with Crippen LogP contribution in [0.15, 0.2) is 34.7 Å². The van der Waals surface area contributed by atoms with E-state index in [4.69, 9.17) is 9.68 Å². The lowest BCUT2D eigenvalue weighted by Crippen LogP contribution is -1.81. The summed E-state index contributed by atoms with van der Waals surface area (Å²) in [4.78, 5) is 0. The van der Waals surface area contributed by atoms with Crippen LogP contribution in [-0.2, 0) is 0 Å². The highest BCUT2D eigenvalue weighted by Gasteiger charge is 2.06. The molecular formula is C14H11NO3. The zero-order valence-electron chi connectivity index (χ0n) is 9.71. The summed E-state index contributed by atoms with van der Waals surface area (Å²) in [5.74, 6) is 0.845. The zero-order chi connectivity index (χ0) is 13.1. The van der Waals surface area contributed by atoms with Crippen LogP contribution in [-0.4, -0.2) is 10.2 Å². The minimum Gasteiger partial charge on any atom is -0.504 e. The second-order valence-corrected chi connectivity index (χ2v) is 3.82. The lowest BCUT2D eigenvalue weighted by molar-refractivity contribution is 0.403. The van der Waals surface area contributed by atoms with Gasteiger partial charge in [-0.1, -0.05) is 0 Å². The molecule has 0 radical (unpaired) electrons. The van der Waals surface area contributed by atoms with Gasteiger partial charge in [-0.25, -0.2) is 0 Å². The van der Waals surface area contributed by atoms with Gasteiger partial charge in [0.15, 0.2) is 11.5 Å². The Labute approximate surface area is 104 Å². The first-order valence-corrected chi connectivity index (χ1v) is 5.31. The van der Waals surface area contributed by atoms with E-state index in [0.29, 0.717) is 16.9 Å². The molecule has 0 aliphatic heterocycles. The van der Waals surface area contributed by atoms with E-state index in [1.165, 1.54) is 12.1 Å². The Kier molecular flexibility index (Phi) is 3.07. The molecule has 0 bridgehead atoms. The second kappa shape index (κ2) is 4.68. The van der Waals surface area contributed by atoms with Crippen molar-refractivity contribution in [3.8, 4) is 17.6 Å². The number of benzene rings is 1. The predicted octanol–water partition coefficient (Wildman–Crippen LogP) is 3.06. The topological polar surface area (TPSA) is 77.4 Å². The summed E-state index contributed by atoms with van der Waals surface area (Å²) in [6, 6.07) is 9.81. The van der Waals surface area contributed by atoms with E-state index in [0.717, 1.165) is 5.76 Å². The van der Waals surface area contributed by atoms with Crippen LogP contribution in [0.4, 0.5) is 0 Å². The van der Waals surface area contributed by atoms with Gasteiger partial charge in [0.25, 0.3) is 0 Å². The van der Waals surface area contributed by atoms with Gasteiger partial charge in [-0.15, -0.1) is 0 Å². The van der Waals surface area contributed by atoms with Crippen molar-refractivity contribution in [2.45, 2.75) is 6.92 Å². The average Bonchev–Trinajstić information content (AvgIpc) is 2.75. The third-order valence-electron chi connectivity index (χ3n) is 2.45. The van der Waals surface area contributed by atoms with E-state index in [9.17, 15) is 10.2 Å². The van der Waals surface area contributed by atoms with Gasteiger partial charge in [-0.05, 0) is 48.9 Å². The molecule has 0 saturated carbocycles. The molecule has 4 nitrogen and oxygen atoms in total. The Morgan fingerprint density at radius 1 is 1.22 bits per heavy atom. The maximum absolute atomic E-state index is 9.40. The fraction of sp³-hybridized carbons (Fsp3) is 0.0714. The highest BCUT2D eigenvalue weighted by Crippen LogP contribution is 2.29. The van der Waals surface area contributed by atoms with E-state index in [2.05, 4.69) is 0 Å². The second-order valence-electron chi connectivity index (χ2n) is 3.82. The summed E-state index contributed by atoms with van der Waals surface area (Å²) < 4.78 is 5.35. The normalized spacial score (nSPS) is 11.2. The van der Waals surface area contributed by atoms with Crippen molar-refractivity contribution >= 4 is 11.6 Å². The molecule has 2 rings (SSSR count).